The van der Waals surface area contributed by atoms with Crippen LogP contribution in [-0.2, 0) is 31.9 Å². The number of hydrogen-bond acceptors (Lipinski definition) is 4. The quantitative estimate of drug-likeness (QED) is 0.133. The number of pyridine rings is 1. The summed E-state index contributed by atoms with van der Waals surface area (Å²) in [7, 11) is 0. The molecule has 1 N–H and O–H groups in total. The molecule has 8 aromatic carbocycles. The van der Waals surface area contributed by atoms with Crippen molar-refractivity contribution in [2.24, 2.45) is 0 Å². The Balaban J connectivity index is 0.00000539. The molecule has 68 heavy (non-hydrogen) atoms. The van der Waals surface area contributed by atoms with Crippen LogP contribution in [0.2, 0.25) is 0 Å². The van der Waals surface area contributed by atoms with E-state index in [1.54, 1.807) is 0 Å². The van der Waals surface area contributed by atoms with Gasteiger partial charge in [-0.2, -0.15) is 0 Å². The molecule has 0 fully saturated rings. The molecular formula is C62H56N3O2Pt-. The first-order chi connectivity index (χ1) is 32.1. The zero-order valence-corrected chi connectivity index (χ0v) is 42.7. The van der Waals surface area contributed by atoms with Crippen LogP contribution >= 0.6 is 0 Å². The Labute approximate surface area is 413 Å². The van der Waals surface area contributed by atoms with Crippen LogP contribution in [0.5, 0.6) is 5.75 Å². The van der Waals surface area contributed by atoms with Gasteiger partial charge in [0, 0.05) is 37.7 Å². The molecule has 0 bridgehead atoms. The third-order valence-electron chi connectivity index (χ3n) is 13.8. The number of imidazole rings is 1. The van der Waals surface area contributed by atoms with Crippen LogP contribution in [0.4, 0.5) is 0 Å². The van der Waals surface area contributed by atoms with Gasteiger partial charge in [0.25, 0.3) is 0 Å². The molecule has 0 spiro atoms. The smallest absolute Gasteiger partial charge is 0.149 e. The summed E-state index contributed by atoms with van der Waals surface area (Å²) < 4.78 is 8.76. The second kappa shape index (κ2) is 16.6. The minimum atomic E-state index is -0.334. The monoisotopic (exact) mass is 1070 g/mol. The van der Waals surface area contributed by atoms with Crippen LogP contribution in [0, 0.1) is 6.07 Å². The number of phenols is 1. The third-order valence-corrected chi connectivity index (χ3v) is 13.8. The number of aromatic nitrogens is 3. The summed E-state index contributed by atoms with van der Waals surface area (Å²) in [5, 5.41) is 20.0. The number of fused-ring (bicyclic) bond motifs is 10. The number of nitrogens with zero attached hydrogens (tertiary/aromatic N) is 3. The first-order valence-corrected chi connectivity index (χ1v) is 23.7. The molecule has 3 aromatic heterocycles. The maximum absolute atomic E-state index is 12.7. The van der Waals surface area contributed by atoms with Gasteiger partial charge in [0.1, 0.15) is 11.6 Å². The molecular weight excluding hydrogens is 1010 g/mol. The van der Waals surface area contributed by atoms with Crippen molar-refractivity contribution in [2.75, 3.05) is 0 Å². The molecule has 11 rings (SSSR count). The van der Waals surface area contributed by atoms with Crippen molar-refractivity contribution in [3.8, 4) is 45.2 Å². The van der Waals surface area contributed by atoms with Crippen LogP contribution in [0.1, 0.15) is 103 Å². The van der Waals surface area contributed by atoms with Gasteiger partial charge in [-0.15, -0.1) is 6.07 Å². The predicted molar refractivity (Wildman–Crippen MR) is 281 cm³/mol. The van der Waals surface area contributed by atoms with Gasteiger partial charge in [-0.05, 0) is 108 Å². The molecule has 5 nitrogen and oxygen atoms in total. The number of rotatable bonds is 6. The van der Waals surface area contributed by atoms with E-state index in [4.69, 9.17) is 14.4 Å². The first kappa shape index (κ1) is 45.2. The average molecular weight is 1070 g/mol. The number of phenolic OH excluding ortho intramolecular Hbond substituents is 1. The molecule has 11 aromatic rings. The van der Waals surface area contributed by atoms with E-state index in [2.05, 4.69) is 201 Å². The number of hydrogen-bond donors (Lipinski definition) is 1. The zero-order valence-electron chi connectivity index (χ0n) is 40.4. The van der Waals surface area contributed by atoms with E-state index in [1.807, 2.05) is 18.2 Å². The second-order valence-electron chi connectivity index (χ2n) is 21.1. The Morgan fingerprint density at radius 2 is 1.19 bits per heavy atom. The van der Waals surface area contributed by atoms with E-state index in [1.165, 1.54) is 22.3 Å². The number of para-hydroxylation sites is 2. The fourth-order valence-electron chi connectivity index (χ4n) is 10.2. The summed E-state index contributed by atoms with van der Waals surface area (Å²) in [6.45, 7) is 22.3. The van der Waals surface area contributed by atoms with Crippen molar-refractivity contribution in [1.82, 2.24) is 14.5 Å². The van der Waals surface area contributed by atoms with E-state index in [9.17, 15) is 5.11 Å². The minimum Gasteiger partial charge on any atom is -0.507 e. The van der Waals surface area contributed by atoms with Gasteiger partial charge in [0.05, 0.1) is 39.1 Å². The first-order valence-electron chi connectivity index (χ1n) is 23.7. The Bertz CT molecular complexity index is 3760. The summed E-state index contributed by atoms with van der Waals surface area (Å²) in [5.74, 6) is 1.30. The number of furan rings is 1. The van der Waals surface area contributed by atoms with E-state index >= 15 is 0 Å². The van der Waals surface area contributed by atoms with Crippen LogP contribution < -0.4 is 0 Å². The van der Waals surface area contributed by atoms with Crippen molar-refractivity contribution in [2.45, 2.75) is 91.9 Å². The van der Waals surface area contributed by atoms with Gasteiger partial charge in [0.15, 0.2) is 0 Å². The maximum atomic E-state index is 12.7. The Kier molecular flexibility index (Phi) is 11.0. The standard InChI is InChI=1S/C62H56N3O2.Pt/c1-35(2)45-29-38(37-19-12-11-13-20-37)30-46(36(3)4)58(45)65-53-25-18-24-44(57(53)64-60(65)50-31-39(61(5,6)7)32-51(59(50)66)62(8,9)10)52-28-27-43-40-21-14-15-22-41(40)47-34-55-48(33-49(47)56(43)63-52)42-23-16-17-26-54(42)67-55;/h11-32,34-36,66H,1-10H3;/q-1;. The predicted octanol–water partition coefficient (Wildman–Crippen LogP) is 17.1. The van der Waals surface area contributed by atoms with Crippen molar-refractivity contribution in [3.05, 3.63) is 168 Å². The Hall–Kier alpha value is -6.55. The number of benzene rings is 8. The summed E-state index contributed by atoms with van der Waals surface area (Å²) in [6, 6.07) is 53.3. The fraction of sp³-hybridized carbons (Fsp3) is 0.226. The second-order valence-corrected chi connectivity index (χ2v) is 21.1. The average Bonchev–Trinajstić information content (AvgIpc) is 3.88. The fourth-order valence-corrected chi connectivity index (χ4v) is 10.2. The van der Waals surface area contributed by atoms with E-state index in [0.29, 0.717) is 11.4 Å². The van der Waals surface area contributed by atoms with Gasteiger partial charge < -0.3 is 9.52 Å². The summed E-state index contributed by atoms with van der Waals surface area (Å²) >= 11 is 0. The van der Waals surface area contributed by atoms with E-state index in [-0.39, 0.29) is 49.5 Å². The Morgan fingerprint density at radius 3 is 1.85 bits per heavy atom. The minimum absolute atomic E-state index is 0. The third kappa shape index (κ3) is 7.33. The molecule has 3 heterocycles. The van der Waals surface area contributed by atoms with Crippen LogP contribution in [-0.4, -0.2) is 19.6 Å². The van der Waals surface area contributed by atoms with Gasteiger partial charge in [-0.1, -0.05) is 189 Å². The van der Waals surface area contributed by atoms with Crippen LogP contribution in [0.15, 0.2) is 144 Å². The van der Waals surface area contributed by atoms with Crippen molar-refractivity contribution in [1.29, 1.82) is 0 Å². The molecule has 0 radical (unpaired) electrons. The molecule has 0 saturated carbocycles. The van der Waals surface area contributed by atoms with Crippen molar-refractivity contribution < 1.29 is 30.6 Å². The molecule has 342 valence electrons. The summed E-state index contributed by atoms with van der Waals surface area (Å²) in [5.41, 5.74) is 14.1. The van der Waals surface area contributed by atoms with Gasteiger partial charge in [-0.25, -0.2) is 4.98 Å². The van der Waals surface area contributed by atoms with Gasteiger partial charge in [0.2, 0.25) is 0 Å². The normalized spacial score (nSPS) is 12.5. The molecule has 0 aliphatic carbocycles. The molecule has 0 unspecified atom stereocenters. The summed E-state index contributed by atoms with van der Waals surface area (Å²) in [6.07, 6.45) is 0. The summed E-state index contributed by atoms with van der Waals surface area (Å²) in [4.78, 5) is 11.3. The molecule has 0 aliphatic rings. The van der Waals surface area contributed by atoms with Gasteiger partial charge >= 0.3 is 0 Å². The zero-order chi connectivity index (χ0) is 46.7. The largest absolute Gasteiger partial charge is 0.507 e. The van der Waals surface area contributed by atoms with E-state index < -0.39 is 0 Å². The van der Waals surface area contributed by atoms with Crippen molar-refractivity contribution in [3.63, 3.8) is 0 Å². The molecule has 0 amide bonds. The maximum Gasteiger partial charge on any atom is 0.149 e. The topological polar surface area (TPSA) is 64.1 Å². The van der Waals surface area contributed by atoms with Crippen molar-refractivity contribution >= 4 is 65.4 Å². The number of aromatic hydroxyl groups is 1. The van der Waals surface area contributed by atoms with Crippen LogP contribution in [0.25, 0.3) is 105 Å². The SMILES string of the molecule is CC(C)c1cc(-c2ccccc2)cc(C(C)C)c1-n1c(-c2cc(C(C)(C)C)cc(C(C)(C)C)c2O)nc2c(-c3ccc4c5ccccc5c5cc6oc7ccccc7c6[c-]c5c4n3)cccc21.[Pt]. The molecule has 0 saturated heterocycles. The van der Waals surface area contributed by atoms with Crippen LogP contribution in [0.3, 0.4) is 0 Å². The molecule has 0 atom stereocenters. The molecule has 0 aliphatic heterocycles. The molecule has 6 heteroatoms. The Morgan fingerprint density at radius 1 is 0.544 bits per heavy atom. The van der Waals surface area contributed by atoms with Gasteiger partial charge in [-0.3, -0.25) is 9.55 Å². The van der Waals surface area contributed by atoms with E-state index in [0.717, 1.165) is 93.5 Å².